The Morgan fingerprint density at radius 1 is 0.900 bits per heavy atom. The van der Waals surface area contributed by atoms with E-state index < -0.39 is 0 Å². The predicted octanol–water partition coefficient (Wildman–Crippen LogP) is -1.11. The normalized spacial score (nSPS) is 10.8. The van der Waals surface area contributed by atoms with Crippen molar-refractivity contribution in [2.24, 2.45) is 0 Å². The first kappa shape index (κ1) is 12.9. The van der Waals surface area contributed by atoms with Crippen molar-refractivity contribution in [3.05, 3.63) is 0 Å². The number of hydrogen-bond acceptors (Lipinski definition) is 0. The Kier molecular flexibility index (Phi) is 7.72. The molecule has 64 valence electrons. The van der Waals surface area contributed by atoms with Crippen LogP contribution < -0.4 is 12.4 Å². The van der Waals surface area contributed by atoms with E-state index in [2.05, 4.69) is 27.9 Å². The predicted molar refractivity (Wildman–Crippen MR) is 42.4 cm³/mol. The molecule has 0 spiro atoms. The minimum atomic E-state index is 0. The first-order chi connectivity index (χ1) is 4.12. The van der Waals surface area contributed by atoms with Crippen molar-refractivity contribution in [1.82, 2.24) is 0 Å². The molecule has 0 radical (unpaired) electrons. The molecule has 0 heterocycles. The highest BCUT2D eigenvalue weighted by Gasteiger charge is 2.09. The third-order valence-electron chi connectivity index (χ3n) is 1.66. The largest absolute Gasteiger partial charge is 1.00 e. The molecule has 0 unspecified atom stereocenters. The molecule has 0 rings (SSSR count). The van der Waals surface area contributed by atoms with Gasteiger partial charge in [0.1, 0.15) is 0 Å². The van der Waals surface area contributed by atoms with E-state index in [4.69, 9.17) is 0 Å². The van der Waals surface area contributed by atoms with Crippen molar-refractivity contribution in [1.29, 1.82) is 0 Å². The van der Waals surface area contributed by atoms with Gasteiger partial charge in [-0.1, -0.05) is 13.8 Å². The lowest BCUT2D eigenvalue weighted by Crippen LogP contribution is -3.00. The van der Waals surface area contributed by atoms with Gasteiger partial charge in [0.25, 0.3) is 0 Å². The highest BCUT2D eigenvalue weighted by Crippen LogP contribution is 1.99. The topological polar surface area (TPSA) is 0 Å². The van der Waals surface area contributed by atoms with Gasteiger partial charge in [0.15, 0.2) is 0 Å². The highest BCUT2D eigenvalue weighted by atomic mass is 35.5. The van der Waals surface area contributed by atoms with Crippen LogP contribution in [0.15, 0.2) is 0 Å². The fourth-order valence-electron chi connectivity index (χ4n) is 1.32. The SMILES string of the molecule is CCC[N+](C)(C)CCC.[Cl-]. The van der Waals surface area contributed by atoms with Crippen LogP contribution in [0.5, 0.6) is 0 Å². The number of rotatable bonds is 4. The van der Waals surface area contributed by atoms with Gasteiger partial charge in [0, 0.05) is 0 Å². The van der Waals surface area contributed by atoms with Crippen LogP contribution in [0.2, 0.25) is 0 Å². The lowest BCUT2D eigenvalue weighted by molar-refractivity contribution is -0.890. The molecule has 0 bridgehead atoms. The van der Waals surface area contributed by atoms with E-state index in [9.17, 15) is 0 Å². The van der Waals surface area contributed by atoms with Gasteiger partial charge >= 0.3 is 0 Å². The zero-order valence-corrected chi connectivity index (χ0v) is 8.41. The van der Waals surface area contributed by atoms with Crippen molar-refractivity contribution in [3.8, 4) is 0 Å². The fraction of sp³-hybridized carbons (Fsp3) is 1.00. The molecule has 0 aromatic heterocycles. The second-order valence-corrected chi connectivity index (χ2v) is 3.38. The first-order valence-electron chi connectivity index (χ1n) is 3.94. The smallest absolute Gasteiger partial charge is 0.0779 e. The Labute approximate surface area is 71.4 Å². The fourth-order valence-corrected chi connectivity index (χ4v) is 1.32. The third-order valence-corrected chi connectivity index (χ3v) is 1.66. The molecule has 0 aromatic carbocycles. The van der Waals surface area contributed by atoms with Gasteiger partial charge in [-0.05, 0) is 12.8 Å². The van der Waals surface area contributed by atoms with E-state index in [0.717, 1.165) is 0 Å². The van der Waals surface area contributed by atoms with Gasteiger partial charge in [-0.3, -0.25) is 0 Å². The summed E-state index contributed by atoms with van der Waals surface area (Å²) in [5, 5.41) is 0. The summed E-state index contributed by atoms with van der Waals surface area (Å²) in [7, 11) is 4.60. The lowest BCUT2D eigenvalue weighted by atomic mass is 10.3. The standard InChI is InChI=1S/C8H20N.ClH/c1-5-7-9(3,4)8-6-2;/h5-8H2,1-4H3;1H/q+1;/p-1. The van der Waals surface area contributed by atoms with Crippen molar-refractivity contribution in [3.63, 3.8) is 0 Å². The van der Waals surface area contributed by atoms with Crippen LogP contribution in [-0.4, -0.2) is 31.7 Å². The van der Waals surface area contributed by atoms with Crippen LogP contribution in [0.25, 0.3) is 0 Å². The Morgan fingerprint density at radius 3 is 1.40 bits per heavy atom. The van der Waals surface area contributed by atoms with Gasteiger partial charge in [0.05, 0.1) is 27.2 Å². The van der Waals surface area contributed by atoms with Gasteiger partial charge in [-0.2, -0.15) is 0 Å². The van der Waals surface area contributed by atoms with Gasteiger partial charge in [-0.15, -0.1) is 0 Å². The molecule has 10 heavy (non-hydrogen) atoms. The average molecular weight is 166 g/mol. The van der Waals surface area contributed by atoms with Crippen LogP contribution in [0.1, 0.15) is 26.7 Å². The summed E-state index contributed by atoms with van der Waals surface area (Å²) in [5.74, 6) is 0. The second kappa shape index (κ2) is 5.99. The maximum absolute atomic E-state index is 2.30. The Balaban J connectivity index is 0. The summed E-state index contributed by atoms with van der Waals surface area (Å²) in [4.78, 5) is 0. The summed E-state index contributed by atoms with van der Waals surface area (Å²) in [5.41, 5.74) is 0. The maximum atomic E-state index is 2.30. The van der Waals surface area contributed by atoms with Gasteiger partial charge in [-0.25, -0.2) is 0 Å². The van der Waals surface area contributed by atoms with Crippen molar-refractivity contribution < 1.29 is 16.9 Å². The average Bonchev–Trinajstić information content (AvgIpc) is 1.64. The van der Waals surface area contributed by atoms with Crippen LogP contribution in [0, 0.1) is 0 Å². The van der Waals surface area contributed by atoms with Crippen molar-refractivity contribution in [2.45, 2.75) is 26.7 Å². The van der Waals surface area contributed by atoms with E-state index in [-0.39, 0.29) is 12.4 Å². The molecule has 0 aliphatic rings. The summed E-state index contributed by atoms with van der Waals surface area (Å²) in [6.07, 6.45) is 2.60. The van der Waals surface area contributed by atoms with E-state index >= 15 is 0 Å². The van der Waals surface area contributed by atoms with Crippen LogP contribution in [-0.2, 0) is 0 Å². The molecule has 0 N–H and O–H groups in total. The second-order valence-electron chi connectivity index (χ2n) is 3.38. The summed E-state index contributed by atoms with van der Waals surface area (Å²) < 4.78 is 1.19. The lowest BCUT2D eigenvalue weighted by Gasteiger charge is -2.28. The molecule has 0 aromatic rings. The van der Waals surface area contributed by atoms with Gasteiger partial charge < -0.3 is 16.9 Å². The molecule has 0 atom stereocenters. The number of nitrogens with zero attached hydrogens (tertiary/aromatic N) is 1. The molecule has 0 saturated heterocycles. The molecule has 1 nitrogen and oxygen atoms in total. The molecule has 0 saturated carbocycles. The molecule has 0 amide bonds. The summed E-state index contributed by atoms with van der Waals surface area (Å²) in [6, 6.07) is 0. The van der Waals surface area contributed by atoms with E-state index in [1.807, 2.05) is 0 Å². The minimum absolute atomic E-state index is 0. The Hall–Kier alpha value is 0.250. The first-order valence-corrected chi connectivity index (χ1v) is 3.94. The van der Waals surface area contributed by atoms with Crippen LogP contribution in [0.3, 0.4) is 0 Å². The number of halogens is 1. The quantitative estimate of drug-likeness (QED) is 0.464. The number of quaternary nitrogens is 1. The van der Waals surface area contributed by atoms with Crippen molar-refractivity contribution >= 4 is 0 Å². The Morgan fingerprint density at radius 2 is 1.20 bits per heavy atom. The minimum Gasteiger partial charge on any atom is -1.00 e. The van der Waals surface area contributed by atoms with Crippen LogP contribution >= 0.6 is 0 Å². The van der Waals surface area contributed by atoms with E-state index in [1.54, 1.807) is 0 Å². The Bertz CT molecular complexity index is 63.7. The van der Waals surface area contributed by atoms with Crippen molar-refractivity contribution in [2.75, 3.05) is 27.2 Å². The summed E-state index contributed by atoms with van der Waals surface area (Å²) >= 11 is 0. The molecular weight excluding hydrogens is 146 g/mol. The molecule has 0 aliphatic heterocycles. The van der Waals surface area contributed by atoms with Crippen LogP contribution in [0.4, 0.5) is 0 Å². The molecular formula is C8H20ClN. The highest BCUT2D eigenvalue weighted by molar-refractivity contribution is 4.30. The zero-order chi connectivity index (χ0) is 7.33. The monoisotopic (exact) mass is 165 g/mol. The molecule has 0 aliphatic carbocycles. The molecule has 2 heteroatoms. The number of hydrogen-bond donors (Lipinski definition) is 0. The maximum Gasteiger partial charge on any atom is 0.0779 e. The van der Waals surface area contributed by atoms with E-state index in [0.29, 0.717) is 0 Å². The third kappa shape index (κ3) is 6.37. The molecule has 0 fully saturated rings. The summed E-state index contributed by atoms with van der Waals surface area (Å²) in [6.45, 7) is 7.12. The van der Waals surface area contributed by atoms with E-state index in [1.165, 1.54) is 30.4 Å². The zero-order valence-electron chi connectivity index (χ0n) is 7.65. The van der Waals surface area contributed by atoms with Gasteiger partial charge in [0.2, 0.25) is 0 Å².